The number of rotatable bonds is 5. The summed E-state index contributed by atoms with van der Waals surface area (Å²) in [6, 6.07) is 18.0. The number of nitrogens with one attached hydrogen (secondary N) is 1. The van der Waals surface area contributed by atoms with E-state index >= 15 is 0 Å². The smallest absolute Gasteiger partial charge is 0.261 e. The van der Waals surface area contributed by atoms with E-state index in [9.17, 15) is 9.59 Å². The number of hydrogen-bond acceptors (Lipinski definition) is 4. The molecule has 28 heavy (non-hydrogen) atoms. The van der Waals surface area contributed by atoms with E-state index in [-0.39, 0.29) is 24.1 Å². The highest BCUT2D eigenvalue weighted by molar-refractivity contribution is 7.10. The van der Waals surface area contributed by atoms with Gasteiger partial charge in [-0.25, -0.2) is 4.98 Å². The molecule has 2 aromatic carbocycles. The molecule has 1 atom stereocenters. The molecule has 7 heteroatoms. The van der Waals surface area contributed by atoms with Crippen molar-refractivity contribution in [1.29, 1.82) is 0 Å². The first-order valence-corrected chi connectivity index (χ1v) is 9.90. The predicted molar refractivity (Wildman–Crippen MR) is 112 cm³/mol. The van der Waals surface area contributed by atoms with Crippen molar-refractivity contribution in [3.8, 4) is 0 Å². The standard InChI is InChI=1S/C21H16ClN3O2S/c22-15-9-7-14(8-10-15)20(18-6-3-11-28-18)24-19(26)12-25-13-23-17-5-2-1-4-16(17)21(25)27/h1-11,13,20H,12H2,(H,24,26). The van der Waals surface area contributed by atoms with Crippen LogP contribution in [0.1, 0.15) is 16.5 Å². The quantitative estimate of drug-likeness (QED) is 0.541. The fourth-order valence-corrected chi connectivity index (χ4v) is 3.94. The molecule has 2 aromatic heterocycles. The highest BCUT2D eigenvalue weighted by Crippen LogP contribution is 2.27. The van der Waals surface area contributed by atoms with Gasteiger partial charge in [0.25, 0.3) is 5.56 Å². The zero-order valence-electron chi connectivity index (χ0n) is 14.7. The Labute approximate surface area is 170 Å². The number of amides is 1. The van der Waals surface area contributed by atoms with Crippen LogP contribution >= 0.6 is 22.9 Å². The number of benzene rings is 2. The van der Waals surface area contributed by atoms with Gasteiger partial charge in [-0.05, 0) is 41.3 Å². The van der Waals surface area contributed by atoms with E-state index in [1.165, 1.54) is 10.9 Å². The number of thiophene rings is 1. The summed E-state index contributed by atoms with van der Waals surface area (Å²) in [5.74, 6) is -0.271. The van der Waals surface area contributed by atoms with Crippen LogP contribution < -0.4 is 10.9 Å². The van der Waals surface area contributed by atoms with Gasteiger partial charge >= 0.3 is 0 Å². The molecule has 1 unspecified atom stereocenters. The number of carbonyl (C=O) groups is 1. The van der Waals surface area contributed by atoms with Crippen LogP contribution in [0.25, 0.3) is 10.9 Å². The lowest BCUT2D eigenvalue weighted by Gasteiger charge is -2.18. The molecule has 140 valence electrons. The van der Waals surface area contributed by atoms with Crippen molar-refractivity contribution >= 4 is 39.7 Å². The second-order valence-corrected chi connectivity index (χ2v) is 7.68. The molecule has 0 aliphatic heterocycles. The third kappa shape index (κ3) is 3.83. The van der Waals surface area contributed by atoms with E-state index in [1.54, 1.807) is 41.7 Å². The maximum atomic E-state index is 12.7. The van der Waals surface area contributed by atoms with Gasteiger partial charge in [0.2, 0.25) is 5.91 Å². The largest absolute Gasteiger partial charge is 0.343 e. The Morgan fingerprint density at radius 1 is 1.11 bits per heavy atom. The summed E-state index contributed by atoms with van der Waals surface area (Å²) in [7, 11) is 0. The summed E-state index contributed by atoms with van der Waals surface area (Å²) in [6.07, 6.45) is 1.41. The van der Waals surface area contributed by atoms with Crippen molar-refractivity contribution in [3.63, 3.8) is 0 Å². The van der Waals surface area contributed by atoms with E-state index in [4.69, 9.17) is 11.6 Å². The minimum Gasteiger partial charge on any atom is -0.343 e. The molecule has 5 nitrogen and oxygen atoms in total. The van der Waals surface area contributed by atoms with Crippen molar-refractivity contribution in [3.05, 3.63) is 98.2 Å². The van der Waals surface area contributed by atoms with E-state index in [0.29, 0.717) is 15.9 Å². The number of fused-ring (bicyclic) bond motifs is 1. The van der Waals surface area contributed by atoms with Crippen LogP contribution in [-0.4, -0.2) is 15.5 Å². The van der Waals surface area contributed by atoms with E-state index < -0.39 is 0 Å². The summed E-state index contributed by atoms with van der Waals surface area (Å²) in [5, 5.41) is 6.10. The molecule has 0 radical (unpaired) electrons. The monoisotopic (exact) mass is 409 g/mol. The van der Waals surface area contributed by atoms with Gasteiger partial charge in [-0.15, -0.1) is 11.3 Å². The molecule has 2 heterocycles. The summed E-state index contributed by atoms with van der Waals surface area (Å²) in [6.45, 7) is -0.105. The Kier molecular flexibility index (Phi) is 5.23. The van der Waals surface area contributed by atoms with Crippen molar-refractivity contribution in [2.45, 2.75) is 12.6 Å². The SMILES string of the molecule is O=C(Cn1cnc2ccccc2c1=O)NC(c1ccc(Cl)cc1)c1cccs1. The highest BCUT2D eigenvalue weighted by Gasteiger charge is 2.18. The molecule has 0 fully saturated rings. The number of hydrogen-bond donors (Lipinski definition) is 1. The maximum Gasteiger partial charge on any atom is 0.261 e. The van der Waals surface area contributed by atoms with Crippen molar-refractivity contribution in [2.75, 3.05) is 0 Å². The molecule has 1 N–H and O–H groups in total. The van der Waals surface area contributed by atoms with Crippen molar-refractivity contribution in [1.82, 2.24) is 14.9 Å². The van der Waals surface area contributed by atoms with Crippen LogP contribution in [-0.2, 0) is 11.3 Å². The first-order chi connectivity index (χ1) is 13.6. The number of para-hydroxylation sites is 1. The van der Waals surface area contributed by atoms with Crippen LogP contribution in [0, 0.1) is 0 Å². The van der Waals surface area contributed by atoms with Crippen LogP contribution in [0.15, 0.2) is 77.2 Å². The molecule has 0 saturated carbocycles. The maximum absolute atomic E-state index is 12.7. The van der Waals surface area contributed by atoms with Gasteiger partial charge in [-0.3, -0.25) is 14.2 Å². The zero-order valence-corrected chi connectivity index (χ0v) is 16.3. The Balaban J connectivity index is 1.59. The Bertz CT molecular complexity index is 1170. The van der Waals surface area contributed by atoms with Gasteiger partial charge < -0.3 is 5.32 Å². The van der Waals surface area contributed by atoms with Gasteiger partial charge in [-0.2, -0.15) is 0 Å². The Hall–Kier alpha value is -2.96. The summed E-state index contributed by atoms with van der Waals surface area (Å²) < 4.78 is 1.32. The fraction of sp³-hybridized carbons (Fsp3) is 0.0952. The third-order valence-corrected chi connectivity index (χ3v) is 5.57. The topological polar surface area (TPSA) is 64.0 Å². The average molecular weight is 410 g/mol. The van der Waals surface area contributed by atoms with Crippen LogP contribution in [0.4, 0.5) is 0 Å². The van der Waals surface area contributed by atoms with Crippen LogP contribution in [0.2, 0.25) is 5.02 Å². The van der Waals surface area contributed by atoms with Crippen molar-refractivity contribution in [2.24, 2.45) is 0 Å². The molecule has 0 saturated heterocycles. The molecule has 4 rings (SSSR count). The van der Waals surface area contributed by atoms with E-state index in [2.05, 4.69) is 10.3 Å². The van der Waals surface area contributed by atoms with Gasteiger partial charge in [0.1, 0.15) is 6.54 Å². The minimum atomic E-state index is -0.311. The Morgan fingerprint density at radius 2 is 1.89 bits per heavy atom. The highest BCUT2D eigenvalue weighted by atomic mass is 35.5. The van der Waals surface area contributed by atoms with E-state index in [0.717, 1.165) is 10.4 Å². The van der Waals surface area contributed by atoms with Crippen LogP contribution in [0.5, 0.6) is 0 Å². The number of aromatic nitrogens is 2. The summed E-state index contributed by atoms with van der Waals surface area (Å²) in [4.78, 5) is 30.6. The molecular formula is C21H16ClN3O2S. The molecule has 0 aliphatic rings. The second kappa shape index (κ2) is 7.96. The average Bonchev–Trinajstić information content (AvgIpc) is 3.24. The number of carbonyl (C=O) groups excluding carboxylic acids is 1. The first kappa shape index (κ1) is 18.4. The van der Waals surface area contributed by atoms with Crippen molar-refractivity contribution < 1.29 is 4.79 Å². The summed E-state index contributed by atoms with van der Waals surface area (Å²) in [5.41, 5.74) is 1.30. The lowest BCUT2D eigenvalue weighted by molar-refractivity contribution is -0.122. The zero-order chi connectivity index (χ0) is 19.5. The minimum absolute atomic E-state index is 0.105. The molecule has 0 spiro atoms. The van der Waals surface area contributed by atoms with Gasteiger partial charge in [0.05, 0.1) is 23.3 Å². The number of halogens is 1. The van der Waals surface area contributed by atoms with E-state index in [1.807, 2.05) is 35.7 Å². The summed E-state index contributed by atoms with van der Waals surface area (Å²) >= 11 is 7.54. The molecular weight excluding hydrogens is 394 g/mol. The second-order valence-electron chi connectivity index (χ2n) is 6.26. The van der Waals surface area contributed by atoms with Gasteiger partial charge in [-0.1, -0.05) is 41.9 Å². The molecule has 1 amide bonds. The lowest BCUT2D eigenvalue weighted by atomic mass is 10.1. The fourth-order valence-electron chi connectivity index (χ4n) is 3.01. The van der Waals surface area contributed by atoms with Gasteiger partial charge in [0.15, 0.2) is 0 Å². The predicted octanol–water partition coefficient (Wildman–Crippen LogP) is 4.02. The number of nitrogens with zero attached hydrogens (tertiary/aromatic N) is 2. The lowest BCUT2D eigenvalue weighted by Crippen LogP contribution is -2.35. The third-order valence-electron chi connectivity index (χ3n) is 4.38. The van der Waals surface area contributed by atoms with Crippen LogP contribution in [0.3, 0.4) is 0 Å². The van der Waals surface area contributed by atoms with Gasteiger partial charge in [0, 0.05) is 9.90 Å². The molecule has 0 aliphatic carbocycles. The first-order valence-electron chi connectivity index (χ1n) is 8.64. The normalized spacial score (nSPS) is 12.0. The Morgan fingerprint density at radius 3 is 2.64 bits per heavy atom. The molecule has 0 bridgehead atoms. The molecule has 4 aromatic rings.